The summed E-state index contributed by atoms with van der Waals surface area (Å²) < 4.78 is 72.2. The molecule has 0 saturated heterocycles. The average Bonchev–Trinajstić information content (AvgIpc) is 2.13. The van der Waals surface area contributed by atoms with Gasteiger partial charge in [0.1, 0.15) is 15.9 Å². The highest BCUT2D eigenvalue weighted by molar-refractivity contribution is 7.85. The van der Waals surface area contributed by atoms with Crippen LogP contribution in [0.1, 0.15) is 5.56 Å². The van der Waals surface area contributed by atoms with Crippen molar-refractivity contribution in [1.82, 2.24) is 0 Å². The van der Waals surface area contributed by atoms with Gasteiger partial charge in [0, 0.05) is 0 Å². The third-order valence-corrected chi connectivity index (χ3v) is 2.81. The van der Waals surface area contributed by atoms with Gasteiger partial charge in [-0.1, -0.05) is 6.07 Å². The van der Waals surface area contributed by atoms with E-state index in [0.29, 0.717) is 0 Å². The Bertz CT molecular complexity index is 507. The van der Waals surface area contributed by atoms with Crippen LogP contribution >= 0.6 is 0 Å². The minimum absolute atomic E-state index is 0.152. The van der Waals surface area contributed by atoms with E-state index in [1.165, 1.54) is 13.0 Å². The topological polar surface area (TPSA) is 66.4 Å². The van der Waals surface area contributed by atoms with Gasteiger partial charge in [0.05, 0.1) is 4.90 Å². The Hall–Kier alpha value is -1.28. The molecule has 4 nitrogen and oxygen atoms in total. The zero-order chi connectivity index (χ0) is 13.3. The van der Waals surface area contributed by atoms with E-state index in [4.69, 9.17) is 0 Å². The molecule has 0 atom stereocenters. The van der Waals surface area contributed by atoms with Gasteiger partial charge in [-0.15, -0.1) is 0 Å². The molecule has 0 radical (unpaired) electrons. The van der Waals surface area contributed by atoms with Gasteiger partial charge in [0.2, 0.25) is 0 Å². The maximum atomic E-state index is 11.9. The van der Waals surface area contributed by atoms with Gasteiger partial charge in [-0.05, 0) is 24.6 Å². The largest absolute Gasteiger partial charge is 0.744 e. The van der Waals surface area contributed by atoms with Crippen molar-refractivity contribution in [1.29, 1.82) is 0 Å². The molecule has 96 valence electrons. The lowest BCUT2D eigenvalue weighted by molar-refractivity contribution is -0.153. The van der Waals surface area contributed by atoms with E-state index in [0.717, 1.165) is 12.1 Å². The maximum Gasteiger partial charge on any atom is 0.422 e. The van der Waals surface area contributed by atoms with Crippen LogP contribution in [0.25, 0.3) is 0 Å². The predicted molar refractivity (Wildman–Crippen MR) is 50.7 cm³/mol. The quantitative estimate of drug-likeness (QED) is 0.785. The standard InChI is InChI=1S/C9H9F3O4S/c1-6-2-3-7(16-5-9(10,11)12)4-8(6)17(13,14)15/h2-4H,5H2,1H3,(H,13,14,15)/p-1. The Balaban J connectivity index is 2.98. The highest BCUT2D eigenvalue weighted by Gasteiger charge is 2.28. The van der Waals surface area contributed by atoms with Crippen molar-refractivity contribution in [2.24, 2.45) is 0 Å². The van der Waals surface area contributed by atoms with Crippen LogP contribution < -0.4 is 4.74 Å². The van der Waals surface area contributed by atoms with Gasteiger partial charge in [-0.25, -0.2) is 8.42 Å². The Labute approximate surface area is 95.8 Å². The van der Waals surface area contributed by atoms with Crippen molar-refractivity contribution in [2.45, 2.75) is 18.0 Å². The van der Waals surface area contributed by atoms with Gasteiger partial charge < -0.3 is 9.29 Å². The fraction of sp³-hybridized carbons (Fsp3) is 0.333. The van der Waals surface area contributed by atoms with E-state index >= 15 is 0 Å². The molecule has 0 aliphatic rings. The van der Waals surface area contributed by atoms with Crippen molar-refractivity contribution >= 4 is 10.1 Å². The summed E-state index contributed by atoms with van der Waals surface area (Å²) in [5, 5.41) is 0. The second-order valence-corrected chi connectivity index (χ2v) is 4.63. The fourth-order valence-corrected chi connectivity index (χ4v) is 1.83. The molecule has 1 aromatic carbocycles. The van der Waals surface area contributed by atoms with Gasteiger partial charge in [-0.2, -0.15) is 13.2 Å². The minimum Gasteiger partial charge on any atom is -0.744 e. The highest BCUT2D eigenvalue weighted by atomic mass is 32.2. The third kappa shape index (κ3) is 4.23. The fourth-order valence-electron chi connectivity index (χ4n) is 1.10. The molecule has 1 rings (SSSR count). The van der Waals surface area contributed by atoms with E-state index in [-0.39, 0.29) is 11.3 Å². The van der Waals surface area contributed by atoms with E-state index in [2.05, 4.69) is 4.74 Å². The smallest absolute Gasteiger partial charge is 0.422 e. The number of aryl methyl sites for hydroxylation is 1. The predicted octanol–water partition coefficient (Wildman–Crippen LogP) is 1.84. The SMILES string of the molecule is Cc1ccc(OCC(F)(F)F)cc1S(=O)(=O)[O-]. The van der Waals surface area contributed by atoms with Gasteiger partial charge in [0.15, 0.2) is 6.61 Å². The van der Waals surface area contributed by atoms with Crippen molar-refractivity contribution in [3.8, 4) is 5.75 Å². The molecule has 0 aliphatic heterocycles. The molecule has 0 aromatic heterocycles. The summed E-state index contributed by atoms with van der Waals surface area (Å²) in [5.74, 6) is -0.317. The average molecular weight is 269 g/mol. The summed E-state index contributed by atoms with van der Waals surface area (Å²) >= 11 is 0. The molecule has 0 spiro atoms. The summed E-state index contributed by atoms with van der Waals surface area (Å²) in [6.07, 6.45) is -4.53. The molecule has 17 heavy (non-hydrogen) atoms. The third-order valence-electron chi connectivity index (χ3n) is 1.83. The molecule has 0 saturated carbocycles. The van der Waals surface area contributed by atoms with Crippen LogP contribution in [0.3, 0.4) is 0 Å². The number of benzene rings is 1. The summed E-state index contributed by atoms with van der Waals surface area (Å²) in [4.78, 5) is -0.586. The first-order chi connectivity index (χ1) is 7.59. The molecule has 0 fully saturated rings. The molecule has 0 heterocycles. The lowest BCUT2D eigenvalue weighted by atomic mass is 10.2. The summed E-state index contributed by atoms with van der Waals surface area (Å²) in [6.45, 7) is -0.188. The molecule has 8 heteroatoms. The lowest BCUT2D eigenvalue weighted by Crippen LogP contribution is -2.19. The van der Waals surface area contributed by atoms with Crippen LogP contribution in [-0.4, -0.2) is 25.8 Å². The van der Waals surface area contributed by atoms with E-state index in [1.807, 2.05) is 0 Å². The second kappa shape index (κ2) is 4.53. The zero-order valence-corrected chi connectivity index (χ0v) is 9.43. The lowest BCUT2D eigenvalue weighted by Gasteiger charge is -2.13. The van der Waals surface area contributed by atoms with Gasteiger partial charge in [-0.3, -0.25) is 0 Å². The maximum absolute atomic E-state index is 11.9. The summed E-state index contributed by atoms with van der Waals surface area (Å²) in [7, 11) is -4.72. The number of hydrogen-bond donors (Lipinski definition) is 0. The van der Waals surface area contributed by atoms with Crippen LogP contribution in [0, 0.1) is 6.92 Å². The van der Waals surface area contributed by atoms with Crippen LogP contribution in [-0.2, 0) is 10.1 Å². The Morgan fingerprint density at radius 3 is 2.41 bits per heavy atom. The Morgan fingerprint density at radius 1 is 1.35 bits per heavy atom. The second-order valence-electron chi connectivity index (χ2n) is 3.29. The van der Waals surface area contributed by atoms with E-state index in [1.54, 1.807) is 0 Å². The first-order valence-corrected chi connectivity index (χ1v) is 5.76. The number of hydrogen-bond acceptors (Lipinski definition) is 4. The molecular weight excluding hydrogens is 261 g/mol. The van der Waals surface area contributed by atoms with Crippen LogP contribution in [0.15, 0.2) is 23.1 Å². The van der Waals surface area contributed by atoms with Crippen LogP contribution in [0.4, 0.5) is 13.2 Å². The van der Waals surface area contributed by atoms with Gasteiger partial charge in [0.25, 0.3) is 0 Å². The monoisotopic (exact) mass is 269 g/mol. The Kier molecular flexibility index (Phi) is 3.68. The molecule has 0 aliphatic carbocycles. The zero-order valence-electron chi connectivity index (χ0n) is 8.61. The summed E-state index contributed by atoms with van der Waals surface area (Å²) in [6, 6.07) is 3.15. The number of rotatable bonds is 3. The van der Waals surface area contributed by atoms with E-state index in [9.17, 15) is 26.1 Å². The minimum atomic E-state index is -4.72. The van der Waals surface area contributed by atoms with Crippen LogP contribution in [0.2, 0.25) is 0 Å². The molecule has 0 bridgehead atoms. The molecule has 0 N–H and O–H groups in total. The first-order valence-electron chi connectivity index (χ1n) is 4.36. The molecule has 1 aromatic rings. The molecule has 0 amide bonds. The van der Waals surface area contributed by atoms with Crippen molar-refractivity contribution in [3.05, 3.63) is 23.8 Å². The number of ether oxygens (including phenoxy) is 1. The summed E-state index contributed by atoms with van der Waals surface area (Å²) in [5.41, 5.74) is 0.152. The van der Waals surface area contributed by atoms with E-state index < -0.39 is 27.8 Å². The molecule has 0 unspecified atom stereocenters. The van der Waals surface area contributed by atoms with Crippen molar-refractivity contribution < 1.29 is 30.9 Å². The number of alkyl halides is 3. The number of halogens is 3. The molecular formula is C9H8F3O4S-. The Morgan fingerprint density at radius 2 is 1.94 bits per heavy atom. The first kappa shape index (κ1) is 13.8. The van der Waals surface area contributed by atoms with Crippen molar-refractivity contribution in [3.63, 3.8) is 0 Å². The van der Waals surface area contributed by atoms with Gasteiger partial charge >= 0.3 is 6.18 Å². The van der Waals surface area contributed by atoms with Crippen LogP contribution in [0.5, 0.6) is 5.75 Å². The van der Waals surface area contributed by atoms with Crippen molar-refractivity contribution in [2.75, 3.05) is 6.61 Å². The normalized spacial score (nSPS) is 12.5. The highest BCUT2D eigenvalue weighted by Crippen LogP contribution is 2.23.